The van der Waals surface area contributed by atoms with E-state index in [-0.39, 0.29) is 12.4 Å². The molecule has 0 spiro atoms. The largest absolute Gasteiger partial charge is 0.340 e. The molecule has 0 aromatic carbocycles. The third kappa shape index (κ3) is 4.47. The predicted molar refractivity (Wildman–Crippen MR) is 72.5 cm³/mol. The molecule has 1 unspecified atom stereocenters. The molecule has 2 aliphatic rings. The first-order valence-corrected chi connectivity index (χ1v) is 6.77. The van der Waals surface area contributed by atoms with Gasteiger partial charge < -0.3 is 10.2 Å². The maximum Gasteiger partial charge on any atom is 0.222 e. The lowest BCUT2D eigenvalue weighted by Crippen LogP contribution is -2.51. The van der Waals surface area contributed by atoms with E-state index in [1.54, 1.807) is 0 Å². The monoisotopic (exact) mass is 260 g/mol. The van der Waals surface area contributed by atoms with Crippen LogP contribution in [0.25, 0.3) is 0 Å². The van der Waals surface area contributed by atoms with Crippen molar-refractivity contribution in [1.82, 2.24) is 10.2 Å². The van der Waals surface area contributed by atoms with Gasteiger partial charge in [-0.3, -0.25) is 4.79 Å². The summed E-state index contributed by atoms with van der Waals surface area (Å²) in [6.07, 6.45) is 7.36. The van der Waals surface area contributed by atoms with Crippen LogP contribution in [0.1, 0.15) is 45.4 Å². The van der Waals surface area contributed by atoms with Crippen molar-refractivity contribution in [1.29, 1.82) is 0 Å². The molecule has 0 aromatic heterocycles. The van der Waals surface area contributed by atoms with Gasteiger partial charge in [-0.2, -0.15) is 0 Å². The van der Waals surface area contributed by atoms with Crippen molar-refractivity contribution in [3.8, 4) is 0 Å². The van der Waals surface area contributed by atoms with Crippen LogP contribution in [0.2, 0.25) is 0 Å². The number of amides is 1. The fourth-order valence-electron chi connectivity index (χ4n) is 2.94. The second-order valence-electron chi connectivity index (χ2n) is 5.38. The van der Waals surface area contributed by atoms with E-state index in [0.29, 0.717) is 11.9 Å². The van der Waals surface area contributed by atoms with Crippen LogP contribution in [-0.2, 0) is 4.79 Å². The molecular weight excluding hydrogens is 236 g/mol. The molecule has 3 nitrogen and oxygen atoms in total. The summed E-state index contributed by atoms with van der Waals surface area (Å²) in [5.41, 5.74) is 0. The first-order chi connectivity index (χ1) is 7.75. The first-order valence-electron chi connectivity index (χ1n) is 6.77. The average molecular weight is 261 g/mol. The van der Waals surface area contributed by atoms with E-state index < -0.39 is 0 Å². The molecule has 1 saturated heterocycles. The van der Waals surface area contributed by atoms with Crippen LogP contribution in [0.4, 0.5) is 0 Å². The quantitative estimate of drug-likeness (QED) is 0.844. The summed E-state index contributed by atoms with van der Waals surface area (Å²) >= 11 is 0. The molecule has 2 fully saturated rings. The summed E-state index contributed by atoms with van der Waals surface area (Å²) in [5, 5.41) is 3.37. The Morgan fingerprint density at radius 2 is 2.06 bits per heavy atom. The molecule has 1 amide bonds. The van der Waals surface area contributed by atoms with Crippen LogP contribution in [0.5, 0.6) is 0 Å². The Balaban J connectivity index is 0.00000144. The normalized spacial score (nSPS) is 25.7. The van der Waals surface area contributed by atoms with Gasteiger partial charge in [0.15, 0.2) is 0 Å². The minimum absolute atomic E-state index is 0. The lowest BCUT2D eigenvalue weighted by molar-refractivity contribution is -0.132. The Labute approximate surface area is 111 Å². The zero-order valence-electron chi connectivity index (χ0n) is 10.8. The molecule has 100 valence electrons. The third-order valence-corrected chi connectivity index (χ3v) is 3.96. The van der Waals surface area contributed by atoms with Crippen molar-refractivity contribution in [3.05, 3.63) is 0 Å². The van der Waals surface area contributed by atoms with E-state index in [1.807, 2.05) is 4.90 Å². The van der Waals surface area contributed by atoms with Crippen molar-refractivity contribution >= 4 is 18.3 Å². The van der Waals surface area contributed by atoms with Gasteiger partial charge in [0.25, 0.3) is 0 Å². The summed E-state index contributed by atoms with van der Waals surface area (Å²) in [6.45, 7) is 4.89. The Kier molecular flexibility index (Phi) is 6.28. The van der Waals surface area contributed by atoms with Crippen LogP contribution in [0, 0.1) is 5.92 Å². The summed E-state index contributed by atoms with van der Waals surface area (Å²) in [4.78, 5) is 14.0. The summed E-state index contributed by atoms with van der Waals surface area (Å²) in [5.74, 6) is 1.21. The topological polar surface area (TPSA) is 32.3 Å². The number of rotatable bonds is 3. The smallest absolute Gasteiger partial charge is 0.222 e. The highest BCUT2D eigenvalue weighted by Gasteiger charge is 2.22. The van der Waals surface area contributed by atoms with E-state index in [4.69, 9.17) is 0 Å². The first kappa shape index (κ1) is 14.8. The van der Waals surface area contributed by atoms with Crippen molar-refractivity contribution in [3.63, 3.8) is 0 Å². The molecule has 1 atom stereocenters. The van der Waals surface area contributed by atoms with Gasteiger partial charge >= 0.3 is 0 Å². The average Bonchev–Trinajstić information content (AvgIpc) is 2.78. The zero-order chi connectivity index (χ0) is 11.4. The molecule has 0 bridgehead atoms. The molecule has 1 saturated carbocycles. The minimum atomic E-state index is 0. The number of nitrogens with one attached hydrogen (secondary N) is 1. The van der Waals surface area contributed by atoms with Crippen molar-refractivity contribution in [2.24, 2.45) is 5.92 Å². The number of carbonyl (C=O) groups excluding carboxylic acids is 1. The van der Waals surface area contributed by atoms with E-state index in [1.165, 1.54) is 25.7 Å². The highest BCUT2D eigenvalue weighted by atomic mass is 35.5. The van der Waals surface area contributed by atoms with Crippen molar-refractivity contribution in [2.45, 2.75) is 51.5 Å². The van der Waals surface area contributed by atoms with Crippen LogP contribution >= 0.6 is 12.4 Å². The van der Waals surface area contributed by atoms with Gasteiger partial charge in [-0.1, -0.05) is 25.7 Å². The van der Waals surface area contributed by atoms with Gasteiger partial charge in [-0.05, 0) is 19.3 Å². The Morgan fingerprint density at radius 1 is 1.35 bits per heavy atom. The van der Waals surface area contributed by atoms with Gasteiger partial charge in [0.05, 0.1) is 0 Å². The molecule has 4 heteroatoms. The van der Waals surface area contributed by atoms with Crippen molar-refractivity contribution < 1.29 is 4.79 Å². The molecule has 0 radical (unpaired) electrons. The molecule has 1 aliphatic carbocycles. The van der Waals surface area contributed by atoms with Gasteiger partial charge in [0.1, 0.15) is 0 Å². The summed E-state index contributed by atoms with van der Waals surface area (Å²) in [7, 11) is 0. The van der Waals surface area contributed by atoms with Crippen molar-refractivity contribution in [2.75, 3.05) is 19.6 Å². The third-order valence-electron chi connectivity index (χ3n) is 3.96. The highest BCUT2D eigenvalue weighted by molar-refractivity contribution is 5.85. The number of nitrogens with zero attached hydrogens (tertiary/aromatic N) is 1. The molecule has 2 rings (SSSR count). The van der Waals surface area contributed by atoms with Crippen LogP contribution in [0.3, 0.4) is 0 Å². The van der Waals surface area contributed by atoms with Gasteiger partial charge in [-0.15, -0.1) is 12.4 Å². The number of hydrogen-bond acceptors (Lipinski definition) is 2. The highest BCUT2D eigenvalue weighted by Crippen LogP contribution is 2.28. The summed E-state index contributed by atoms with van der Waals surface area (Å²) < 4.78 is 0. The molecule has 1 heterocycles. The Morgan fingerprint density at radius 3 is 2.71 bits per heavy atom. The van der Waals surface area contributed by atoms with E-state index in [9.17, 15) is 4.79 Å². The fourth-order valence-corrected chi connectivity index (χ4v) is 2.94. The molecule has 1 aliphatic heterocycles. The standard InChI is InChI=1S/C13H24N2O.ClH/c1-11-10-15(9-8-14-11)13(16)7-6-12-4-2-3-5-12;/h11-12,14H,2-10H2,1H3;1H. The second-order valence-corrected chi connectivity index (χ2v) is 5.38. The lowest BCUT2D eigenvalue weighted by Gasteiger charge is -2.32. The minimum Gasteiger partial charge on any atom is -0.340 e. The zero-order valence-corrected chi connectivity index (χ0v) is 11.6. The molecular formula is C13H25ClN2O. The number of hydrogen-bond donors (Lipinski definition) is 1. The van der Waals surface area contributed by atoms with Gasteiger partial charge in [-0.25, -0.2) is 0 Å². The lowest BCUT2D eigenvalue weighted by atomic mass is 10.0. The van der Waals surface area contributed by atoms with Crippen LogP contribution in [-0.4, -0.2) is 36.5 Å². The van der Waals surface area contributed by atoms with Crippen LogP contribution in [0.15, 0.2) is 0 Å². The molecule has 0 aromatic rings. The fraction of sp³-hybridized carbons (Fsp3) is 0.923. The predicted octanol–water partition coefficient (Wildman–Crippen LogP) is 2.20. The Bertz CT molecular complexity index is 242. The van der Waals surface area contributed by atoms with E-state index in [2.05, 4.69) is 12.2 Å². The van der Waals surface area contributed by atoms with E-state index >= 15 is 0 Å². The molecule has 17 heavy (non-hydrogen) atoms. The number of piperazine rings is 1. The second kappa shape index (κ2) is 7.22. The van der Waals surface area contributed by atoms with Gasteiger partial charge in [0, 0.05) is 32.1 Å². The van der Waals surface area contributed by atoms with E-state index in [0.717, 1.165) is 38.4 Å². The SMILES string of the molecule is CC1CN(C(=O)CCC2CCCC2)CCN1.Cl. The summed E-state index contributed by atoms with van der Waals surface area (Å²) in [6, 6.07) is 0.462. The number of halogens is 1. The maximum atomic E-state index is 12.0. The molecule has 1 N–H and O–H groups in total. The maximum absolute atomic E-state index is 12.0. The van der Waals surface area contributed by atoms with Crippen LogP contribution < -0.4 is 5.32 Å². The van der Waals surface area contributed by atoms with Gasteiger partial charge in [0.2, 0.25) is 5.91 Å². The Hall–Kier alpha value is -0.280. The number of carbonyl (C=O) groups is 1.